The molecule has 3 rings (SSSR count). The zero-order chi connectivity index (χ0) is 19.6. The van der Waals surface area contributed by atoms with Crippen LogP contribution >= 0.6 is 23.6 Å². The van der Waals surface area contributed by atoms with E-state index in [0.29, 0.717) is 25.5 Å². The molecule has 1 aromatic heterocycles. The molecule has 1 N–H and O–H groups in total. The zero-order valence-corrected chi connectivity index (χ0v) is 15.9. The van der Waals surface area contributed by atoms with Gasteiger partial charge in [0.25, 0.3) is 5.91 Å². The Morgan fingerprint density at radius 3 is 2.96 bits per heavy atom. The number of amides is 1. The fourth-order valence-corrected chi connectivity index (χ4v) is 3.91. The van der Waals surface area contributed by atoms with Crippen LogP contribution in [0, 0.1) is 3.95 Å². The number of aliphatic carboxylic acids is 1. The van der Waals surface area contributed by atoms with Gasteiger partial charge in [0.05, 0.1) is 17.3 Å². The van der Waals surface area contributed by atoms with Crippen LogP contribution in [0.3, 0.4) is 0 Å². The van der Waals surface area contributed by atoms with Crippen LogP contribution < -0.4 is 20.4 Å². The molecule has 0 unspecified atom stereocenters. The molecule has 1 aliphatic heterocycles. The summed E-state index contributed by atoms with van der Waals surface area (Å²) in [5.41, 5.74) is 0.320. The minimum atomic E-state index is -1.15. The Morgan fingerprint density at radius 1 is 1.48 bits per heavy atom. The van der Waals surface area contributed by atoms with E-state index in [9.17, 15) is 19.8 Å². The highest BCUT2D eigenvalue weighted by Gasteiger charge is 2.15. The first-order valence-corrected chi connectivity index (χ1v) is 9.24. The Hall–Kier alpha value is -2.78. The minimum absolute atomic E-state index is 0.0995. The second-order valence-corrected chi connectivity index (χ2v) is 7.44. The second kappa shape index (κ2) is 7.85. The average Bonchev–Trinajstić information content (AvgIpc) is 2.89. The molecule has 0 aliphatic carbocycles. The summed E-state index contributed by atoms with van der Waals surface area (Å²) in [6.07, 6.45) is 3.38. The number of hydrogen-bond acceptors (Lipinski definition) is 7. The van der Waals surface area contributed by atoms with Crippen LogP contribution in [0.1, 0.15) is 17.7 Å². The van der Waals surface area contributed by atoms with Crippen molar-refractivity contribution in [2.75, 3.05) is 7.11 Å². The van der Waals surface area contributed by atoms with E-state index < -0.39 is 11.9 Å². The monoisotopic (exact) mass is 403 g/mol. The highest BCUT2D eigenvalue weighted by Crippen LogP contribution is 2.29. The van der Waals surface area contributed by atoms with Gasteiger partial charge >= 0.3 is 0 Å². The van der Waals surface area contributed by atoms with Crippen LogP contribution in [0.4, 0.5) is 0 Å². The number of ether oxygens (including phenoxy) is 1. The molecule has 140 valence electrons. The van der Waals surface area contributed by atoms with Crippen LogP contribution in [0.2, 0.25) is 0 Å². The summed E-state index contributed by atoms with van der Waals surface area (Å²) in [5.74, 6) is -1.08. The molecule has 0 radical (unpaired) electrons. The topological polar surface area (TPSA) is 104 Å². The molecular formula is C18H15N2O5S2-. The molecule has 1 aromatic carbocycles. The molecule has 0 saturated carbocycles. The Labute approximate surface area is 163 Å². The predicted molar refractivity (Wildman–Crippen MR) is 100 cm³/mol. The molecule has 0 spiro atoms. The molecule has 0 atom stereocenters. The third-order valence-corrected chi connectivity index (χ3v) is 5.35. The van der Waals surface area contributed by atoms with Crippen molar-refractivity contribution in [1.82, 2.24) is 4.57 Å². The molecule has 0 fully saturated rings. The van der Waals surface area contributed by atoms with Crippen LogP contribution in [-0.2, 0) is 16.1 Å². The van der Waals surface area contributed by atoms with Gasteiger partial charge in [-0.05, 0) is 49.3 Å². The summed E-state index contributed by atoms with van der Waals surface area (Å²) in [6, 6.07) is 5.24. The van der Waals surface area contributed by atoms with Crippen molar-refractivity contribution in [2.45, 2.75) is 19.4 Å². The summed E-state index contributed by atoms with van der Waals surface area (Å²) >= 11 is 6.36. The normalized spacial score (nSPS) is 14.4. The molecule has 0 saturated heterocycles. The number of carbonyl (C=O) groups excluding carboxylic acids is 2. The average molecular weight is 403 g/mol. The number of nitrogens with zero attached hydrogens (tertiary/aromatic N) is 2. The van der Waals surface area contributed by atoms with Gasteiger partial charge in [0.2, 0.25) is 5.88 Å². The summed E-state index contributed by atoms with van der Waals surface area (Å²) in [5, 5.41) is 22.2. The van der Waals surface area contributed by atoms with Crippen LogP contribution in [0.5, 0.6) is 11.6 Å². The largest absolute Gasteiger partial charge is 0.550 e. The van der Waals surface area contributed by atoms with Gasteiger partial charge in [-0.25, -0.2) is 4.99 Å². The lowest BCUT2D eigenvalue weighted by atomic mass is 10.1. The van der Waals surface area contributed by atoms with E-state index >= 15 is 0 Å². The number of carboxylic acids is 1. The number of aromatic hydroxyl groups is 1. The Balaban J connectivity index is 1.95. The minimum Gasteiger partial charge on any atom is -0.550 e. The van der Waals surface area contributed by atoms with E-state index in [-0.39, 0.29) is 25.3 Å². The standard InChI is InChI=1S/C18H16N2O5S2/c1-25-12-5-4-10-7-11(16(23)19-13(10)9-12)8-14-17(24)20(18(26)27-14)6-2-3-15(21)22/h4-5,7-9,24H,2-3,6H2,1H3,(H,21,22)/p-1/b11-8+. The molecule has 1 aliphatic rings. The van der Waals surface area contributed by atoms with Crippen molar-refractivity contribution in [2.24, 2.45) is 4.99 Å². The molecule has 7 nitrogen and oxygen atoms in total. The number of rotatable bonds is 6. The number of carbonyl (C=O) groups is 2. The number of methoxy groups -OCH3 is 1. The molecule has 2 aromatic rings. The number of thiazole rings is 1. The molecule has 27 heavy (non-hydrogen) atoms. The first-order chi connectivity index (χ1) is 12.9. The summed E-state index contributed by atoms with van der Waals surface area (Å²) in [4.78, 5) is 27.3. The highest BCUT2D eigenvalue weighted by molar-refractivity contribution is 7.73. The maximum absolute atomic E-state index is 12.3. The quantitative estimate of drug-likeness (QED) is 0.558. The maximum atomic E-state index is 12.3. The van der Waals surface area contributed by atoms with Gasteiger partial charge < -0.3 is 19.7 Å². The molecular weight excluding hydrogens is 388 g/mol. The molecule has 1 amide bonds. The van der Waals surface area contributed by atoms with Crippen LogP contribution in [-0.4, -0.2) is 28.7 Å². The van der Waals surface area contributed by atoms with E-state index in [1.165, 1.54) is 17.8 Å². The fourth-order valence-electron chi connectivity index (χ4n) is 2.60. The Bertz CT molecular complexity index is 1130. The summed E-state index contributed by atoms with van der Waals surface area (Å²) < 4.78 is 6.97. The molecule has 9 heteroatoms. The maximum Gasteiger partial charge on any atom is 0.277 e. The van der Waals surface area contributed by atoms with E-state index in [2.05, 4.69) is 4.99 Å². The third kappa shape index (κ3) is 4.15. The van der Waals surface area contributed by atoms with Crippen molar-refractivity contribution in [3.05, 3.63) is 43.2 Å². The van der Waals surface area contributed by atoms with E-state index in [1.807, 2.05) is 0 Å². The van der Waals surface area contributed by atoms with E-state index in [4.69, 9.17) is 17.0 Å². The molecule has 2 heterocycles. The lowest BCUT2D eigenvalue weighted by Crippen LogP contribution is -2.30. The highest BCUT2D eigenvalue weighted by atomic mass is 32.1. The van der Waals surface area contributed by atoms with Crippen molar-refractivity contribution in [3.63, 3.8) is 0 Å². The SMILES string of the molecule is COc1ccc2c(c1)=NC(=O)/C(=C/c1sc(=S)n(CCCC(=O)[O-])c1O)C=2. The third-order valence-electron chi connectivity index (χ3n) is 3.96. The zero-order valence-electron chi connectivity index (χ0n) is 14.3. The van der Waals surface area contributed by atoms with Crippen LogP contribution in [0.15, 0.2) is 28.8 Å². The van der Waals surface area contributed by atoms with Gasteiger partial charge in [0.15, 0.2) is 3.95 Å². The number of carboxylic acid groups (broad SMARTS) is 1. The molecule has 0 bridgehead atoms. The Morgan fingerprint density at radius 2 is 2.26 bits per heavy atom. The van der Waals surface area contributed by atoms with Crippen LogP contribution in [0.25, 0.3) is 12.2 Å². The smallest absolute Gasteiger partial charge is 0.277 e. The van der Waals surface area contributed by atoms with Gasteiger partial charge in [0, 0.05) is 29.4 Å². The van der Waals surface area contributed by atoms with E-state index in [0.717, 1.165) is 16.6 Å². The van der Waals surface area contributed by atoms with Gasteiger partial charge in [-0.15, -0.1) is 11.3 Å². The number of fused-ring (bicyclic) bond motifs is 1. The van der Waals surface area contributed by atoms with Gasteiger partial charge in [-0.3, -0.25) is 9.36 Å². The Kier molecular flexibility index (Phi) is 5.52. The first-order valence-electron chi connectivity index (χ1n) is 8.02. The lowest BCUT2D eigenvalue weighted by Gasteiger charge is -2.06. The first kappa shape index (κ1) is 19.0. The lowest BCUT2D eigenvalue weighted by molar-refractivity contribution is -0.305. The summed E-state index contributed by atoms with van der Waals surface area (Å²) in [7, 11) is 1.54. The predicted octanol–water partition coefficient (Wildman–Crippen LogP) is 0.547. The van der Waals surface area contributed by atoms with Gasteiger partial charge in [-0.2, -0.15) is 0 Å². The number of aromatic nitrogens is 1. The van der Waals surface area contributed by atoms with Gasteiger partial charge in [-0.1, -0.05) is 0 Å². The number of benzene rings is 1. The van der Waals surface area contributed by atoms with Crippen molar-refractivity contribution in [3.8, 4) is 11.6 Å². The van der Waals surface area contributed by atoms with Crippen molar-refractivity contribution >= 4 is 47.6 Å². The van der Waals surface area contributed by atoms with E-state index in [1.54, 1.807) is 24.3 Å². The van der Waals surface area contributed by atoms with Crippen molar-refractivity contribution in [1.29, 1.82) is 0 Å². The van der Waals surface area contributed by atoms with Gasteiger partial charge in [0.1, 0.15) is 5.75 Å². The summed E-state index contributed by atoms with van der Waals surface area (Å²) in [6.45, 7) is 0.253. The fraction of sp³-hybridized carbons (Fsp3) is 0.222. The second-order valence-electron chi connectivity index (χ2n) is 5.77. The number of hydrogen-bond donors (Lipinski definition) is 1. The van der Waals surface area contributed by atoms with Crippen molar-refractivity contribution < 1.29 is 24.5 Å².